The number of hydrogen-bond acceptors (Lipinski definition) is 6. The highest BCUT2D eigenvalue weighted by atomic mass is 35.5. The second kappa shape index (κ2) is 11.3. The number of anilines is 2. The van der Waals surface area contributed by atoms with Crippen molar-refractivity contribution < 1.29 is 9.47 Å². The van der Waals surface area contributed by atoms with Crippen LogP contribution in [0.4, 0.5) is 11.6 Å². The number of halogens is 1. The van der Waals surface area contributed by atoms with Gasteiger partial charge < -0.3 is 20.1 Å². The highest BCUT2D eigenvalue weighted by Gasteiger charge is 2.16. The molecule has 3 rings (SSSR count). The van der Waals surface area contributed by atoms with Gasteiger partial charge >= 0.3 is 0 Å². The fourth-order valence-corrected chi connectivity index (χ4v) is 4.03. The van der Waals surface area contributed by atoms with E-state index >= 15 is 0 Å². The zero-order valence-electron chi connectivity index (χ0n) is 18.8. The smallest absolute Gasteiger partial charge is 0.229 e. The molecular formula is C22H29ClN6O2S. The average molecular weight is 477 g/mol. The van der Waals surface area contributed by atoms with Crippen molar-refractivity contribution in [3.05, 3.63) is 34.6 Å². The number of aryl methyl sites for hydroxylation is 2. The first-order valence-electron chi connectivity index (χ1n) is 10.5. The van der Waals surface area contributed by atoms with E-state index in [2.05, 4.69) is 25.9 Å². The lowest BCUT2D eigenvalue weighted by atomic mass is 9.96. The lowest BCUT2D eigenvalue weighted by Gasteiger charge is -2.21. The van der Waals surface area contributed by atoms with Gasteiger partial charge in [-0.2, -0.15) is 0 Å². The lowest BCUT2D eigenvalue weighted by molar-refractivity contribution is 0.405. The summed E-state index contributed by atoms with van der Waals surface area (Å²) in [4.78, 5) is 13.8. The molecule has 10 heteroatoms. The SMILES string of the molecule is COc1cc(NC(=S)NC(=NC2CCCCC2)Nc2nc(C)cc(C)n2)c(OC)cc1Cl. The summed E-state index contributed by atoms with van der Waals surface area (Å²) in [5.41, 5.74) is 2.36. The molecule has 1 aliphatic carbocycles. The van der Waals surface area contributed by atoms with E-state index in [0.29, 0.717) is 39.2 Å². The fourth-order valence-electron chi connectivity index (χ4n) is 3.60. The van der Waals surface area contributed by atoms with E-state index in [0.717, 1.165) is 24.2 Å². The molecule has 2 aromatic rings. The predicted molar refractivity (Wildman–Crippen MR) is 133 cm³/mol. The highest BCUT2D eigenvalue weighted by Crippen LogP contribution is 2.35. The van der Waals surface area contributed by atoms with Gasteiger partial charge in [-0.1, -0.05) is 30.9 Å². The Kier molecular flexibility index (Phi) is 8.46. The molecule has 0 saturated heterocycles. The van der Waals surface area contributed by atoms with Gasteiger partial charge in [0, 0.05) is 23.5 Å². The molecule has 3 N–H and O–H groups in total. The normalized spacial score (nSPS) is 14.6. The minimum absolute atomic E-state index is 0.220. The van der Waals surface area contributed by atoms with E-state index in [1.807, 2.05) is 19.9 Å². The molecule has 1 fully saturated rings. The maximum Gasteiger partial charge on any atom is 0.229 e. The zero-order valence-corrected chi connectivity index (χ0v) is 20.4. The second-order valence-electron chi connectivity index (χ2n) is 7.64. The van der Waals surface area contributed by atoms with Gasteiger partial charge in [-0.3, -0.25) is 5.32 Å². The van der Waals surface area contributed by atoms with Crippen molar-refractivity contribution in [2.24, 2.45) is 4.99 Å². The number of benzene rings is 1. The molecule has 172 valence electrons. The first kappa shape index (κ1) is 24.0. The first-order chi connectivity index (χ1) is 15.4. The van der Waals surface area contributed by atoms with Crippen molar-refractivity contribution in [3.8, 4) is 11.5 Å². The van der Waals surface area contributed by atoms with E-state index < -0.39 is 0 Å². The van der Waals surface area contributed by atoms with Crippen molar-refractivity contribution in [1.29, 1.82) is 0 Å². The first-order valence-corrected chi connectivity index (χ1v) is 11.3. The van der Waals surface area contributed by atoms with Crippen LogP contribution in [-0.4, -0.2) is 41.3 Å². The number of aromatic nitrogens is 2. The molecule has 0 bridgehead atoms. The zero-order chi connectivity index (χ0) is 23.1. The monoisotopic (exact) mass is 476 g/mol. The maximum absolute atomic E-state index is 6.20. The molecule has 1 aromatic carbocycles. The number of thiocarbonyl (C=S) groups is 1. The van der Waals surface area contributed by atoms with Gasteiger partial charge in [-0.25, -0.2) is 15.0 Å². The van der Waals surface area contributed by atoms with Crippen molar-refractivity contribution in [2.75, 3.05) is 24.9 Å². The molecule has 1 saturated carbocycles. The van der Waals surface area contributed by atoms with Crippen molar-refractivity contribution >= 4 is 46.5 Å². The van der Waals surface area contributed by atoms with Gasteiger partial charge in [0.2, 0.25) is 11.9 Å². The number of nitrogens with one attached hydrogen (secondary N) is 3. The Morgan fingerprint density at radius 2 is 1.66 bits per heavy atom. The minimum Gasteiger partial charge on any atom is -0.495 e. The number of hydrogen-bond donors (Lipinski definition) is 3. The van der Waals surface area contributed by atoms with E-state index in [-0.39, 0.29) is 6.04 Å². The summed E-state index contributed by atoms with van der Waals surface area (Å²) in [7, 11) is 3.12. The van der Waals surface area contributed by atoms with Gasteiger partial charge in [0.25, 0.3) is 0 Å². The molecule has 1 heterocycles. The van der Waals surface area contributed by atoms with E-state index in [9.17, 15) is 0 Å². The Morgan fingerprint density at radius 3 is 2.28 bits per heavy atom. The molecular weight excluding hydrogens is 448 g/mol. The summed E-state index contributed by atoms with van der Waals surface area (Å²) in [5.74, 6) is 2.02. The summed E-state index contributed by atoms with van der Waals surface area (Å²) in [6, 6.07) is 5.54. The number of ether oxygens (including phenoxy) is 2. The lowest BCUT2D eigenvalue weighted by Crippen LogP contribution is -2.40. The van der Waals surface area contributed by atoms with Crippen LogP contribution < -0.4 is 25.4 Å². The third-order valence-corrected chi connectivity index (χ3v) is 5.55. The van der Waals surface area contributed by atoms with E-state index in [1.54, 1.807) is 26.4 Å². The predicted octanol–water partition coefficient (Wildman–Crippen LogP) is 4.85. The van der Waals surface area contributed by atoms with Crippen molar-refractivity contribution in [2.45, 2.75) is 52.0 Å². The number of aliphatic imine (C=N–C) groups is 1. The summed E-state index contributed by atoms with van der Waals surface area (Å²) >= 11 is 11.8. The number of rotatable bonds is 5. The Bertz CT molecular complexity index is 974. The standard InChI is InChI=1S/C22H29ClN6O2S/c1-13-10-14(2)25-20(24-13)28-21(26-15-8-6-5-7-9-15)29-22(32)27-17-12-18(30-3)16(23)11-19(17)31-4/h10-12,15H,5-9H2,1-4H3,(H3,24,25,26,27,28,29,32). The third-order valence-electron chi connectivity index (χ3n) is 5.05. The molecule has 0 aliphatic heterocycles. The number of guanidine groups is 1. The summed E-state index contributed by atoms with van der Waals surface area (Å²) in [6.07, 6.45) is 5.68. The quantitative estimate of drug-likeness (QED) is 0.320. The molecule has 0 atom stereocenters. The Hall–Kier alpha value is -2.65. The number of nitrogens with zero attached hydrogens (tertiary/aromatic N) is 3. The van der Waals surface area contributed by atoms with Gasteiger partial charge in [-0.15, -0.1) is 0 Å². The van der Waals surface area contributed by atoms with Gasteiger partial charge in [0.15, 0.2) is 5.11 Å². The largest absolute Gasteiger partial charge is 0.495 e. The van der Waals surface area contributed by atoms with Crippen LogP contribution in [0.3, 0.4) is 0 Å². The fraction of sp³-hybridized carbons (Fsp3) is 0.455. The Balaban J connectivity index is 1.81. The van der Waals surface area contributed by atoms with Crippen LogP contribution in [-0.2, 0) is 0 Å². The van der Waals surface area contributed by atoms with Crippen LogP contribution in [0.2, 0.25) is 5.02 Å². The molecule has 32 heavy (non-hydrogen) atoms. The Morgan fingerprint density at radius 1 is 1.00 bits per heavy atom. The molecule has 0 amide bonds. The highest BCUT2D eigenvalue weighted by molar-refractivity contribution is 7.80. The van der Waals surface area contributed by atoms with Gasteiger partial charge in [0.1, 0.15) is 11.5 Å². The summed E-state index contributed by atoms with van der Waals surface area (Å²) in [6.45, 7) is 3.86. The second-order valence-corrected chi connectivity index (χ2v) is 8.45. The number of methoxy groups -OCH3 is 2. The van der Waals surface area contributed by atoms with Gasteiger partial charge in [0.05, 0.1) is 31.0 Å². The van der Waals surface area contributed by atoms with Crippen LogP contribution in [0.1, 0.15) is 43.5 Å². The van der Waals surface area contributed by atoms with E-state index in [1.165, 1.54) is 19.3 Å². The summed E-state index contributed by atoms with van der Waals surface area (Å²) in [5, 5.41) is 10.3. The van der Waals surface area contributed by atoms with E-state index in [4.69, 9.17) is 38.3 Å². The maximum atomic E-state index is 6.20. The summed E-state index contributed by atoms with van der Waals surface area (Å²) < 4.78 is 10.7. The third kappa shape index (κ3) is 6.67. The van der Waals surface area contributed by atoms with Crippen molar-refractivity contribution in [3.63, 3.8) is 0 Å². The van der Waals surface area contributed by atoms with Crippen molar-refractivity contribution in [1.82, 2.24) is 15.3 Å². The topological polar surface area (TPSA) is 92.7 Å². The molecule has 1 aromatic heterocycles. The van der Waals surface area contributed by atoms with Crippen LogP contribution in [0, 0.1) is 13.8 Å². The molecule has 8 nitrogen and oxygen atoms in total. The van der Waals surface area contributed by atoms with Crippen LogP contribution in [0.15, 0.2) is 23.2 Å². The molecule has 0 spiro atoms. The van der Waals surface area contributed by atoms with Crippen LogP contribution >= 0.6 is 23.8 Å². The average Bonchev–Trinajstić information content (AvgIpc) is 2.74. The van der Waals surface area contributed by atoms with Crippen LogP contribution in [0.5, 0.6) is 11.5 Å². The molecule has 0 unspecified atom stereocenters. The molecule has 0 radical (unpaired) electrons. The Labute approximate surface area is 199 Å². The van der Waals surface area contributed by atoms with Gasteiger partial charge in [-0.05, 0) is 45.0 Å². The minimum atomic E-state index is 0.220. The van der Waals surface area contributed by atoms with Crippen LogP contribution in [0.25, 0.3) is 0 Å². The molecule has 1 aliphatic rings.